The van der Waals surface area contributed by atoms with Gasteiger partial charge in [0.25, 0.3) is 0 Å². The van der Waals surface area contributed by atoms with E-state index in [1.165, 1.54) is 24.4 Å². The lowest BCUT2D eigenvalue weighted by Gasteiger charge is -1.99. The first-order valence-electron chi connectivity index (χ1n) is 4.08. The highest BCUT2D eigenvalue weighted by Crippen LogP contribution is 2.18. The predicted molar refractivity (Wildman–Crippen MR) is 50.1 cm³/mol. The van der Waals surface area contributed by atoms with Crippen LogP contribution in [0, 0.1) is 11.9 Å². The molecule has 0 aliphatic heterocycles. The quantitative estimate of drug-likeness (QED) is 0.745. The molecule has 1 radical (unpaired) electrons. The first-order valence-corrected chi connectivity index (χ1v) is 4.08. The van der Waals surface area contributed by atoms with Gasteiger partial charge in [-0.15, -0.1) is 0 Å². The summed E-state index contributed by atoms with van der Waals surface area (Å²) in [7, 11) is 0. The van der Waals surface area contributed by atoms with E-state index < -0.39 is 0 Å². The number of halogens is 1. The zero-order chi connectivity index (χ0) is 9.97. The number of aromatic nitrogens is 1. The molecule has 0 unspecified atom stereocenters. The molecule has 69 valence electrons. The maximum Gasteiger partial charge on any atom is 0.134 e. The number of hydrogen-bond acceptors (Lipinski definition) is 2. The number of benzene rings is 1. The van der Waals surface area contributed by atoms with E-state index in [1.54, 1.807) is 12.1 Å². The zero-order valence-corrected chi connectivity index (χ0v) is 7.24. The molecule has 1 aromatic carbocycles. The van der Waals surface area contributed by atoms with E-state index in [0.717, 1.165) is 0 Å². The largest absolute Gasteiger partial charge is 0.506 e. The van der Waals surface area contributed by atoms with Crippen LogP contribution in [-0.4, -0.2) is 10.1 Å². The van der Waals surface area contributed by atoms with Crippen LogP contribution in [0.5, 0.6) is 5.75 Å². The molecule has 0 aliphatic rings. The van der Waals surface area contributed by atoms with E-state index in [9.17, 15) is 4.39 Å². The van der Waals surface area contributed by atoms with Crippen molar-refractivity contribution in [3.63, 3.8) is 0 Å². The fourth-order valence-electron chi connectivity index (χ4n) is 1.14. The monoisotopic (exact) mass is 188 g/mol. The second kappa shape index (κ2) is 3.46. The van der Waals surface area contributed by atoms with Crippen LogP contribution in [0.4, 0.5) is 4.39 Å². The molecule has 0 aliphatic carbocycles. The summed E-state index contributed by atoms with van der Waals surface area (Å²) >= 11 is 0. The van der Waals surface area contributed by atoms with E-state index in [4.69, 9.17) is 5.11 Å². The summed E-state index contributed by atoms with van der Waals surface area (Å²) < 4.78 is 12.8. The molecule has 1 heterocycles. The smallest absolute Gasteiger partial charge is 0.134 e. The Morgan fingerprint density at radius 1 is 1.36 bits per heavy atom. The van der Waals surface area contributed by atoms with Crippen LogP contribution >= 0.6 is 0 Å². The van der Waals surface area contributed by atoms with Crippen LogP contribution in [0.1, 0.15) is 0 Å². The Balaban J connectivity index is 2.44. The average Bonchev–Trinajstić information content (AvgIpc) is 2.19. The summed E-state index contributed by atoms with van der Waals surface area (Å²) in [6.07, 6.45) is 1.30. The first kappa shape index (κ1) is 8.69. The summed E-state index contributed by atoms with van der Waals surface area (Å²) in [6.45, 7) is 0. The van der Waals surface area contributed by atoms with Gasteiger partial charge in [-0.25, -0.2) is 4.39 Å². The fourth-order valence-corrected chi connectivity index (χ4v) is 1.14. The second-order valence-corrected chi connectivity index (χ2v) is 2.83. The molecule has 0 saturated heterocycles. The molecule has 2 aromatic rings. The second-order valence-electron chi connectivity index (χ2n) is 2.83. The van der Waals surface area contributed by atoms with E-state index >= 15 is 0 Å². The average molecular weight is 188 g/mol. The molecule has 1 N–H and O–H groups in total. The van der Waals surface area contributed by atoms with Gasteiger partial charge < -0.3 is 5.11 Å². The molecule has 1 aromatic heterocycles. The third kappa shape index (κ3) is 1.71. The van der Waals surface area contributed by atoms with Gasteiger partial charge in [-0.3, -0.25) is 4.98 Å². The maximum atomic E-state index is 12.8. The lowest BCUT2D eigenvalue weighted by atomic mass is 10.1. The van der Waals surface area contributed by atoms with Crippen molar-refractivity contribution in [3.05, 3.63) is 48.4 Å². The Morgan fingerprint density at radius 2 is 2.21 bits per heavy atom. The van der Waals surface area contributed by atoms with Crippen molar-refractivity contribution in [1.82, 2.24) is 4.98 Å². The summed E-state index contributed by atoms with van der Waals surface area (Å²) in [5.74, 6) is -0.268. The molecule has 0 fully saturated rings. The van der Waals surface area contributed by atoms with Crippen LogP contribution in [-0.2, 0) is 0 Å². The van der Waals surface area contributed by atoms with Gasteiger partial charge in [-0.05, 0) is 18.2 Å². The summed E-state index contributed by atoms with van der Waals surface area (Å²) in [6, 6.07) is 10.2. The van der Waals surface area contributed by atoms with Gasteiger partial charge in [-0.2, -0.15) is 0 Å². The van der Waals surface area contributed by atoms with Gasteiger partial charge in [0.05, 0.1) is 11.9 Å². The Hall–Kier alpha value is -1.90. The molecular formula is C11H7FNO. The van der Waals surface area contributed by atoms with Crippen molar-refractivity contribution in [3.8, 4) is 17.0 Å². The molecule has 0 saturated carbocycles. The van der Waals surface area contributed by atoms with Crippen molar-refractivity contribution >= 4 is 0 Å². The third-order valence-electron chi connectivity index (χ3n) is 1.78. The van der Waals surface area contributed by atoms with Crippen molar-refractivity contribution in [1.29, 1.82) is 0 Å². The molecule has 2 nitrogen and oxygen atoms in total. The zero-order valence-electron chi connectivity index (χ0n) is 7.24. The van der Waals surface area contributed by atoms with E-state index in [1.807, 2.05) is 0 Å². The molecule has 0 atom stereocenters. The van der Waals surface area contributed by atoms with Crippen molar-refractivity contribution < 1.29 is 9.50 Å². The molecule has 0 bridgehead atoms. The lowest BCUT2D eigenvalue weighted by molar-refractivity contribution is 0.472. The number of nitrogens with zero attached hydrogens (tertiary/aromatic N) is 1. The summed E-state index contributed by atoms with van der Waals surface area (Å²) in [5.41, 5.74) is 1.16. The highest BCUT2D eigenvalue weighted by molar-refractivity contribution is 5.58. The maximum absolute atomic E-state index is 12.8. The number of hydrogen-bond donors (Lipinski definition) is 1. The van der Waals surface area contributed by atoms with Gasteiger partial charge in [0.2, 0.25) is 0 Å². The number of aromatic hydroxyl groups is 1. The Morgan fingerprint density at radius 3 is 2.86 bits per heavy atom. The van der Waals surface area contributed by atoms with Gasteiger partial charge in [0.15, 0.2) is 0 Å². The van der Waals surface area contributed by atoms with Gasteiger partial charge in [0, 0.05) is 11.6 Å². The van der Waals surface area contributed by atoms with Crippen LogP contribution in [0.2, 0.25) is 0 Å². The van der Waals surface area contributed by atoms with E-state index in [2.05, 4.69) is 11.1 Å². The van der Waals surface area contributed by atoms with Crippen molar-refractivity contribution in [2.45, 2.75) is 0 Å². The van der Waals surface area contributed by atoms with Gasteiger partial charge in [-0.1, -0.05) is 12.1 Å². The first-order chi connectivity index (χ1) is 6.75. The highest BCUT2D eigenvalue weighted by Gasteiger charge is 2.00. The number of rotatable bonds is 1. The fraction of sp³-hybridized carbons (Fsp3) is 0. The minimum atomic E-state index is -0.314. The van der Waals surface area contributed by atoms with Crippen LogP contribution in [0.3, 0.4) is 0 Å². The van der Waals surface area contributed by atoms with Crippen LogP contribution in [0.25, 0.3) is 11.3 Å². The lowest BCUT2D eigenvalue weighted by Crippen LogP contribution is -1.83. The van der Waals surface area contributed by atoms with Gasteiger partial charge >= 0.3 is 0 Å². The van der Waals surface area contributed by atoms with Crippen molar-refractivity contribution in [2.24, 2.45) is 0 Å². The summed E-state index contributed by atoms with van der Waals surface area (Å²) in [4.78, 5) is 3.92. The molecule has 0 spiro atoms. The SMILES string of the molecule is Oc1c[c]c(-c2cccc(F)c2)nc1. The third-order valence-corrected chi connectivity index (χ3v) is 1.78. The topological polar surface area (TPSA) is 33.1 Å². The molecule has 3 heteroatoms. The van der Waals surface area contributed by atoms with Crippen LogP contribution < -0.4 is 0 Å². The standard InChI is InChI=1S/C11H7FNO/c12-9-3-1-2-8(6-9)11-5-4-10(14)7-13-11/h1-4,6-7,14H. The molecule has 2 rings (SSSR count). The Bertz CT molecular complexity index is 439. The van der Waals surface area contributed by atoms with E-state index in [-0.39, 0.29) is 11.6 Å². The molecule has 14 heavy (non-hydrogen) atoms. The Kier molecular flexibility index (Phi) is 2.14. The normalized spacial score (nSPS) is 10.1. The number of pyridine rings is 1. The minimum absolute atomic E-state index is 0.0464. The summed E-state index contributed by atoms with van der Waals surface area (Å²) in [5, 5.41) is 8.99. The minimum Gasteiger partial charge on any atom is -0.506 e. The molecule has 0 amide bonds. The van der Waals surface area contributed by atoms with Crippen LogP contribution in [0.15, 0.2) is 36.5 Å². The van der Waals surface area contributed by atoms with E-state index in [0.29, 0.717) is 11.3 Å². The highest BCUT2D eigenvalue weighted by atomic mass is 19.1. The Labute approximate surface area is 80.7 Å². The van der Waals surface area contributed by atoms with Gasteiger partial charge in [0.1, 0.15) is 11.6 Å². The van der Waals surface area contributed by atoms with Crippen molar-refractivity contribution in [2.75, 3.05) is 0 Å². The molecular weight excluding hydrogens is 181 g/mol. The predicted octanol–water partition coefficient (Wildman–Crippen LogP) is 2.39.